The van der Waals surface area contributed by atoms with E-state index in [-0.39, 0.29) is 35.5 Å². The number of rotatable bonds is 12. The number of amides is 5. The van der Waals surface area contributed by atoms with E-state index in [2.05, 4.69) is 33.5 Å². The topological polar surface area (TPSA) is 165 Å². The second-order valence-corrected chi connectivity index (χ2v) is 10.7. The van der Waals surface area contributed by atoms with Gasteiger partial charge in [-0.25, -0.2) is 0 Å². The van der Waals surface area contributed by atoms with Gasteiger partial charge in [0, 0.05) is 71.8 Å². The van der Waals surface area contributed by atoms with Crippen molar-refractivity contribution in [3.8, 4) is 0 Å². The summed E-state index contributed by atoms with van der Waals surface area (Å²) < 4.78 is 6.32. The number of halogens is 1. The zero-order valence-corrected chi connectivity index (χ0v) is 26.1. The Morgan fingerprint density at radius 2 is 0.933 bits per heavy atom. The molecule has 45 heavy (non-hydrogen) atoms. The van der Waals surface area contributed by atoms with Crippen LogP contribution in [0.15, 0.2) is 49.1 Å². The Morgan fingerprint density at radius 3 is 1.27 bits per heavy atom. The summed E-state index contributed by atoms with van der Waals surface area (Å²) in [4.78, 5) is 63.2. The second kappa shape index (κ2) is 14.0. The van der Waals surface area contributed by atoms with Gasteiger partial charge in [0.25, 0.3) is 23.6 Å². The monoisotopic (exact) mass is 636 g/mol. The lowest BCUT2D eigenvalue weighted by Crippen LogP contribution is -2.25. The minimum Gasteiger partial charge on any atom is -0.351 e. The molecule has 4 rings (SSSR count). The van der Waals surface area contributed by atoms with E-state index < -0.39 is 17.7 Å². The van der Waals surface area contributed by atoms with Crippen LogP contribution in [0.4, 0.5) is 22.7 Å². The molecule has 4 aromatic rings. The Balaban J connectivity index is 1.39. The van der Waals surface area contributed by atoms with Crippen LogP contribution in [0, 0.1) is 6.92 Å². The lowest BCUT2D eigenvalue weighted by Gasteiger charge is -2.03. The Bertz CT molecular complexity index is 1760. The van der Waals surface area contributed by atoms with Crippen molar-refractivity contribution >= 4 is 63.9 Å². The van der Waals surface area contributed by atoms with Crippen LogP contribution in [0.3, 0.4) is 0 Å². The van der Waals surface area contributed by atoms with Gasteiger partial charge in [-0.05, 0) is 30.7 Å². The van der Waals surface area contributed by atoms with E-state index in [0.717, 1.165) is 0 Å². The minimum atomic E-state index is -0.459. The minimum absolute atomic E-state index is 0.151. The average Bonchev–Trinajstić information content (AvgIpc) is 3.73. The molecule has 5 N–H and O–H groups in total. The SMILES string of the molecule is [CH2]CCNC(=O)c1cc(NC(=O)c2cc(NC(=O)c3cc(NC(=O)c4cc(NC(=O)CCCl)cn4C)cn3C)cn2C)cn1C. The summed E-state index contributed by atoms with van der Waals surface area (Å²) in [5, 5.41) is 13.8. The number of aryl methyl sites for hydroxylation is 4. The third kappa shape index (κ3) is 7.84. The number of nitrogens with one attached hydrogen (secondary N) is 5. The molecule has 5 amide bonds. The third-order valence-electron chi connectivity index (χ3n) is 6.79. The number of carbonyl (C=O) groups is 5. The van der Waals surface area contributed by atoms with Gasteiger partial charge >= 0.3 is 0 Å². The standard InChI is InChI=1S/C30H35ClN9O5/c1-6-9-32-27(42)22-11-19(15-37(22)2)34-29(44)24-13-21(17-39(24)4)36-30(45)25-12-20(16-40(25)5)35-28(43)23-10-18(14-38(23)3)33-26(41)7-8-31/h10-17H,1,6-9H2,2-5H3,(H,32,42)(H,33,41)(H,34,44)(H,35,43)(H,36,45). The average molecular weight is 637 g/mol. The summed E-state index contributed by atoms with van der Waals surface area (Å²) in [5.74, 6) is -1.67. The van der Waals surface area contributed by atoms with Crippen LogP contribution in [-0.4, -0.2) is 60.2 Å². The molecule has 4 aromatic heterocycles. The fourth-order valence-electron chi connectivity index (χ4n) is 4.62. The highest BCUT2D eigenvalue weighted by atomic mass is 35.5. The molecule has 0 aliphatic carbocycles. The second-order valence-electron chi connectivity index (χ2n) is 10.4. The summed E-state index contributed by atoms with van der Waals surface area (Å²) in [6, 6.07) is 6.17. The van der Waals surface area contributed by atoms with Gasteiger partial charge < -0.3 is 44.9 Å². The Labute approximate surface area is 264 Å². The Hall–Kier alpha value is -5.24. The molecule has 0 atom stereocenters. The van der Waals surface area contributed by atoms with Gasteiger partial charge in [0.1, 0.15) is 22.8 Å². The number of alkyl halides is 1. The predicted octanol–water partition coefficient (Wildman–Crippen LogP) is 3.32. The lowest BCUT2D eigenvalue weighted by molar-refractivity contribution is -0.115. The van der Waals surface area contributed by atoms with E-state index in [0.29, 0.717) is 47.1 Å². The zero-order valence-electron chi connectivity index (χ0n) is 25.4. The van der Waals surface area contributed by atoms with Crippen molar-refractivity contribution in [3.05, 3.63) is 78.8 Å². The summed E-state index contributed by atoms with van der Waals surface area (Å²) in [6.07, 6.45) is 7.14. The first kappa shape index (κ1) is 32.7. The zero-order chi connectivity index (χ0) is 32.8. The van der Waals surface area contributed by atoms with E-state index in [4.69, 9.17) is 11.6 Å². The maximum atomic E-state index is 13.1. The highest BCUT2D eigenvalue weighted by Crippen LogP contribution is 2.21. The molecule has 4 heterocycles. The first-order valence-electron chi connectivity index (χ1n) is 13.9. The van der Waals surface area contributed by atoms with E-state index in [9.17, 15) is 24.0 Å². The molecule has 15 heteroatoms. The largest absolute Gasteiger partial charge is 0.351 e. The quantitative estimate of drug-likeness (QED) is 0.150. The molecule has 0 aromatic carbocycles. The van der Waals surface area contributed by atoms with Crippen LogP contribution in [0.1, 0.15) is 54.8 Å². The van der Waals surface area contributed by atoms with Crippen molar-refractivity contribution in [1.82, 2.24) is 23.6 Å². The van der Waals surface area contributed by atoms with E-state index in [1.165, 1.54) is 12.1 Å². The number of hydrogen-bond acceptors (Lipinski definition) is 5. The molecule has 0 saturated heterocycles. The summed E-state index contributed by atoms with van der Waals surface area (Å²) in [6.45, 7) is 4.14. The summed E-state index contributed by atoms with van der Waals surface area (Å²) in [7, 11) is 6.71. The molecule has 0 aliphatic heterocycles. The number of aromatic nitrogens is 4. The molecular weight excluding hydrogens is 602 g/mol. The summed E-state index contributed by atoms with van der Waals surface area (Å²) in [5.41, 5.74) is 2.89. The van der Waals surface area contributed by atoms with Crippen molar-refractivity contribution in [1.29, 1.82) is 0 Å². The van der Waals surface area contributed by atoms with Gasteiger partial charge in [-0.1, -0.05) is 6.92 Å². The van der Waals surface area contributed by atoms with Gasteiger partial charge in [0.15, 0.2) is 0 Å². The first-order valence-corrected chi connectivity index (χ1v) is 14.5. The molecule has 0 spiro atoms. The maximum Gasteiger partial charge on any atom is 0.272 e. The van der Waals surface area contributed by atoms with Crippen LogP contribution >= 0.6 is 11.6 Å². The van der Waals surface area contributed by atoms with Crippen molar-refractivity contribution in [2.45, 2.75) is 12.8 Å². The lowest BCUT2D eigenvalue weighted by atomic mass is 10.3. The number of hydrogen-bond donors (Lipinski definition) is 5. The molecule has 0 fully saturated rings. The molecule has 0 unspecified atom stereocenters. The predicted molar refractivity (Wildman–Crippen MR) is 172 cm³/mol. The molecule has 0 bridgehead atoms. The third-order valence-corrected chi connectivity index (χ3v) is 6.98. The van der Waals surface area contributed by atoms with Crippen molar-refractivity contribution in [2.75, 3.05) is 33.7 Å². The highest BCUT2D eigenvalue weighted by Gasteiger charge is 2.20. The van der Waals surface area contributed by atoms with Crippen molar-refractivity contribution in [2.24, 2.45) is 28.2 Å². The molecule has 1 radical (unpaired) electrons. The van der Waals surface area contributed by atoms with E-state index in [1.807, 2.05) is 0 Å². The maximum absolute atomic E-state index is 13.1. The highest BCUT2D eigenvalue weighted by molar-refractivity contribution is 6.19. The van der Waals surface area contributed by atoms with Gasteiger partial charge in [0.2, 0.25) is 5.91 Å². The number of anilines is 4. The summed E-state index contributed by atoms with van der Waals surface area (Å²) >= 11 is 5.60. The fraction of sp³-hybridized carbons (Fsp3) is 0.267. The molecular formula is C30H35ClN9O5. The molecule has 0 aliphatic rings. The molecule has 14 nitrogen and oxygen atoms in total. The van der Waals surface area contributed by atoms with E-state index in [1.54, 1.807) is 83.4 Å². The van der Waals surface area contributed by atoms with Gasteiger partial charge in [-0.2, -0.15) is 0 Å². The van der Waals surface area contributed by atoms with Crippen LogP contribution < -0.4 is 26.6 Å². The van der Waals surface area contributed by atoms with Crippen molar-refractivity contribution in [3.63, 3.8) is 0 Å². The molecule has 237 valence electrons. The van der Waals surface area contributed by atoms with E-state index >= 15 is 0 Å². The van der Waals surface area contributed by atoms with Gasteiger partial charge in [-0.3, -0.25) is 24.0 Å². The van der Waals surface area contributed by atoms with Gasteiger partial charge in [-0.15, -0.1) is 11.6 Å². The van der Waals surface area contributed by atoms with Crippen LogP contribution in [0.5, 0.6) is 0 Å². The Morgan fingerprint density at radius 1 is 0.600 bits per heavy atom. The van der Waals surface area contributed by atoms with Crippen molar-refractivity contribution < 1.29 is 24.0 Å². The van der Waals surface area contributed by atoms with Gasteiger partial charge in [0.05, 0.1) is 22.7 Å². The number of carbonyl (C=O) groups excluding carboxylic acids is 5. The van der Waals surface area contributed by atoms with Crippen LogP contribution in [0.25, 0.3) is 0 Å². The first-order chi connectivity index (χ1) is 21.4. The fourth-order valence-corrected chi connectivity index (χ4v) is 4.79. The number of nitrogens with zero attached hydrogens (tertiary/aromatic N) is 4. The van der Waals surface area contributed by atoms with Crippen LogP contribution in [0.2, 0.25) is 0 Å². The van der Waals surface area contributed by atoms with Crippen LogP contribution in [-0.2, 0) is 33.0 Å². The normalized spacial score (nSPS) is 10.8. The molecule has 0 saturated carbocycles. The Kier molecular flexibility index (Phi) is 10.2. The smallest absolute Gasteiger partial charge is 0.272 e.